The first-order valence-corrected chi connectivity index (χ1v) is 14.2. The zero-order valence-electron chi connectivity index (χ0n) is 21.0. The number of carbonyl (C=O) groups is 1. The Morgan fingerprint density at radius 3 is 2.44 bits per heavy atom. The third-order valence-corrected chi connectivity index (χ3v) is 8.29. The Kier molecular flexibility index (Phi) is 9.80. The molecule has 0 spiro atoms. The van der Waals surface area contributed by atoms with E-state index in [2.05, 4.69) is 4.98 Å². The van der Waals surface area contributed by atoms with Gasteiger partial charge in [0, 0.05) is 6.20 Å². The summed E-state index contributed by atoms with van der Waals surface area (Å²) in [4.78, 5) is 14.8. The summed E-state index contributed by atoms with van der Waals surface area (Å²) in [5.41, 5.74) is -3.82. The highest BCUT2D eigenvalue weighted by atomic mass is 32.1. The van der Waals surface area contributed by atoms with Crippen molar-refractivity contribution in [2.24, 2.45) is 5.92 Å². The Bertz CT molecular complexity index is 1320. The van der Waals surface area contributed by atoms with Gasteiger partial charge < -0.3 is 29.2 Å². The van der Waals surface area contributed by atoms with Crippen LogP contribution in [0, 0.1) is 15.3 Å². The number of aliphatic hydroxyl groups excluding tert-OH is 1. The van der Waals surface area contributed by atoms with E-state index < -0.39 is 68.6 Å². The fourth-order valence-corrected chi connectivity index (χ4v) is 6.16. The van der Waals surface area contributed by atoms with Crippen molar-refractivity contribution in [1.29, 1.82) is 0 Å². The normalized spacial score (nSPS) is 25.7. The Morgan fingerprint density at radius 1 is 1.23 bits per heavy atom. The molecule has 6 atom stereocenters. The Hall–Kier alpha value is -2.13. The monoisotopic (exact) mass is 612 g/mol. The minimum Gasteiger partial charge on any atom is -0.463 e. The minimum atomic E-state index is -5.38. The lowest BCUT2D eigenvalue weighted by atomic mass is 9.93. The van der Waals surface area contributed by atoms with Crippen LogP contribution < -0.4 is 4.52 Å². The second-order valence-electron chi connectivity index (χ2n) is 9.19. The second-order valence-corrected chi connectivity index (χ2v) is 12.0. The summed E-state index contributed by atoms with van der Waals surface area (Å²) in [6.07, 6.45) is -11.9. The van der Waals surface area contributed by atoms with Crippen LogP contribution in [-0.2, 0) is 23.4 Å². The molecule has 1 aliphatic heterocycles. The number of rotatable bonds is 10. The lowest BCUT2D eigenvalue weighted by Gasteiger charge is -2.33. The number of esters is 1. The minimum absolute atomic E-state index is 0.105. The van der Waals surface area contributed by atoms with Crippen molar-refractivity contribution >= 4 is 38.0 Å². The molecule has 3 rings (SSSR count). The van der Waals surface area contributed by atoms with Crippen LogP contribution in [0.25, 0.3) is 0 Å². The highest BCUT2D eigenvalue weighted by Crippen LogP contribution is 2.53. The molecule has 39 heavy (non-hydrogen) atoms. The zero-order chi connectivity index (χ0) is 29.2. The predicted molar refractivity (Wildman–Crippen MR) is 137 cm³/mol. The molecule has 1 aromatic heterocycles. The van der Waals surface area contributed by atoms with Crippen molar-refractivity contribution in [3.63, 3.8) is 0 Å². The summed E-state index contributed by atoms with van der Waals surface area (Å²) in [5, 5.41) is 21.3. The molecule has 1 fully saturated rings. The van der Waals surface area contributed by atoms with E-state index in [9.17, 15) is 32.7 Å². The summed E-state index contributed by atoms with van der Waals surface area (Å²) in [7, 11) is -4.27. The number of alkyl halides is 3. The van der Waals surface area contributed by atoms with Gasteiger partial charge in [0.15, 0.2) is 11.0 Å². The molecule has 3 N–H and O–H groups in total. The first-order chi connectivity index (χ1) is 18.1. The van der Waals surface area contributed by atoms with Gasteiger partial charge in [0.05, 0.1) is 24.8 Å². The second kappa shape index (κ2) is 12.2. The van der Waals surface area contributed by atoms with Crippen molar-refractivity contribution in [2.45, 2.75) is 57.1 Å². The molecule has 216 valence electrons. The number of nitrogens with zero attached hydrogens (tertiary/aromatic N) is 1. The van der Waals surface area contributed by atoms with Crippen LogP contribution in [0.1, 0.15) is 27.0 Å². The van der Waals surface area contributed by atoms with Gasteiger partial charge in [-0.05, 0) is 44.3 Å². The number of hydrogen-bond donors (Lipinski definition) is 3. The van der Waals surface area contributed by atoms with Crippen molar-refractivity contribution in [3.05, 3.63) is 52.0 Å². The summed E-state index contributed by atoms with van der Waals surface area (Å²) in [6, 6.07) is 9.00. The van der Waals surface area contributed by atoms with Crippen molar-refractivity contribution in [1.82, 2.24) is 9.55 Å². The first kappa shape index (κ1) is 31.4. The van der Waals surface area contributed by atoms with E-state index in [1.54, 1.807) is 32.0 Å². The molecule has 1 saturated heterocycles. The number of aromatic amines is 1. The summed E-state index contributed by atoms with van der Waals surface area (Å²) < 4.78 is 78.2. The zero-order valence-corrected chi connectivity index (χ0v) is 23.6. The number of carbonyl (C=O) groups excluding carboxylic acids is 1. The highest BCUT2D eigenvalue weighted by molar-refractivity contribution is 7.72. The van der Waals surface area contributed by atoms with E-state index in [1.807, 2.05) is 0 Å². The molecular formula is C23H28F3N2O8PS2. The van der Waals surface area contributed by atoms with Crippen LogP contribution in [0.4, 0.5) is 13.2 Å². The Morgan fingerprint density at radius 2 is 1.87 bits per heavy atom. The van der Waals surface area contributed by atoms with E-state index in [-0.39, 0.29) is 15.2 Å². The van der Waals surface area contributed by atoms with Gasteiger partial charge in [0.1, 0.15) is 22.6 Å². The van der Waals surface area contributed by atoms with E-state index in [1.165, 1.54) is 25.1 Å². The van der Waals surface area contributed by atoms with Crippen LogP contribution >= 0.6 is 32.0 Å². The van der Waals surface area contributed by atoms with Crippen molar-refractivity contribution < 1.29 is 51.3 Å². The van der Waals surface area contributed by atoms with Crippen LogP contribution in [0.2, 0.25) is 0 Å². The first-order valence-electron chi connectivity index (χ1n) is 11.7. The fourth-order valence-electron chi connectivity index (χ4n) is 3.80. The standard InChI is InChI=1S/C23H28F3N2O8PS2/c1-13(2)34-19(30)14(3)12-37(32,36-15-7-5-4-6-8-15)33-11-16-18(29)22(31,23(24,25)26)20(35-16)28-10-9-17(38)27-21(28)39/h4-10,13-14,16,18,20,29,31H,11-12H2,1-3H3,(H,27,38,39)/t14-,16-,18+,20-,22?,37?/m1/s1. The van der Waals surface area contributed by atoms with E-state index >= 15 is 0 Å². The molecule has 10 nitrogen and oxygen atoms in total. The summed E-state index contributed by atoms with van der Waals surface area (Å²) >= 11 is 9.95. The quantitative estimate of drug-likeness (QED) is 0.197. The number of nitrogens with one attached hydrogen (secondary N) is 1. The lowest BCUT2D eigenvalue weighted by molar-refractivity contribution is -0.304. The molecule has 2 aromatic rings. The van der Waals surface area contributed by atoms with Crippen molar-refractivity contribution in [3.8, 4) is 5.75 Å². The van der Waals surface area contributed by atoms with Crippen LogP contribution in [0.15, 0.2) is 42.6 Å². The topological polar surface area (TPSA) is 132 Å². The average molecular weight is 613 g/mol. The van der Waals surface area contributed by atoms with E-state index in [0.29, 0.717) is 0 Å². The molecule has 16 heteroatoms. The van der Waals surface area contributed by atoms with Gasteiger partial charge in [-0.3, -0.25) is 13.9 Å². The van der Waals surface area contributed by atoms with Gasteiger partial charge in [-0.1, -0.05) is 37.3 Å². The average Bonchev–Trinajstić information content (AvgIpc) is 3.09. The fraction of sp³-hybridized carbons (Fsp3) is 0.522. The summed E-state index contributed by atoms with van der Waals surface area (Å²) in [5.74, 6) is -1.57. The highest BCUT2D eigenvalue weighted by Gasteiger charge is 2.71. The molecule has 1 aromatic carbocycles. The smallest absolute Gasteiger partial charge is 0.424 e. The van der Waals surface area contributed by atoms with Crippen LogP contribution in [0.5, 0.6) is 5.75 Å². The molecule has 0 radical (unpaired) electrons. The van der Waals surface area contributed by atoms with Crippen LogP contribution in [0.3, 0.4) is 0 Å². The maximum absolute atomic E-state index is 14.1. The number of H-pyrrole nitrogens is 1. The largest absolute Gasteiger partial charge is 0.463 e. The number of para-hydroxylation sites is 1. The predicted octanol–water partition coefficient (Wildman–Crippen LogP) is 4.70. The lowest BCUT2D eigenvalue weighted by Crippen LogP contribution is -2.57. The number of benzene rings is 1. The SMILES string of the molecule is CC(C)OC(=O)[C@H](C)CP(=O)(OC[C@H]1O[C@@H](n2ccc(=S)[nH]c2=S)C(O)(C(F)(F)F)[C@H]1O)Oc1ccccc1. The number of hydrogen-bond acceptors (Lipinski definition) is 10. The third-order valence-electron chi connectivity index (χ3n) is 5.72. The molecular weight excluding hydrogens is 584 g/mol. The molecule has 2 unspecified atom stereocenters. The number of halogens is 3. The van der Waals surface area contributed by atoms with Gasteiger partial charge in [-0.2, -0.15) is 13.2 Å². The third kappa shape index (κ3) is 7.15. The molecule has 0 aliphatic carbocycles. The number of aliphatic hydroxyl groups is 2. The van der Waals surface area contributed by atoms with Crippen molar-refractivity contribution in [2.75, 3.05) is 12.8 Å². The van der Waals surface area contributed by atoms with E-state index in [0.717, 1.165) is 10.8 Å². The van der Waals surface area contributed by atoms with Gasteiger partial charge in [-0.15, -0.1) is 0 Å². The molecule has 0 bridgehead atoms. The van der Waals surface area contributed by atoms with E-state index in [4.69, 9.17) is 43.0 Å². The molecule has 0 amide bonds. The maximum Gasteiger partial charge on any atom is 0.424 e. The Labute approximate surface area is 232 Å². The van der Waals surface area contributed by atoms with Crippen LogP contribution in [-0.4, -0.2) is 68.6 Å². The van der Waals surface area contributed by atoms with Gasteiger partial charge in [0.25, 0.3) is 0 Å². The molecule has 1 aliphatic rings. The summed E-state index contributed by atoms with van der Waals surface area (Å²) in [6.45, 7) is 3.78. The Balaban J connectivity index is 1.90. The maximum atomic E-state index is 14.1. The van der Waals surface area contributed by atoms with Gasteiger partial charge in [-0.25, -0.2) is 4.57 Å². The number of aromatic nitrogens is 2. The molecule has 0 saturated carbocycles. The number of ether oxygens (including phenoxy) is 2. The van der Waals surface area contributed by atoms with Gasteiger partial charge in [0.2, 0.25) is 5.60 Å². The van der Waals surface area contributed by atoms with Gasteiger partial charge >= 0.3 is 19.7 Å². The molecule has 2 heterocycles.